The van der Waals surface area contributed by atoms with E-state index in [9.17, 15) is 4.79 Å². The van der Waals surface area contributed by atoms with Crippen LogP contribution in [0.5, 0.6) is 0 Å². The average molecular weight is 292 g/mol. The molecule has 1 aromatic carbocycles. The van der Waals surface area contributed by atoms with E-state index in [-0.39, 0.29) is 12.1 Å². The minimum absolute atomic E-state index is 0.101. The molecule has 1 fully saturated rings. The molecule has 0 aliphatic heterocycles. The van der Waals surface area contributed by atoms with Gasteiger partial charge in [0.15, 0.2) is 0 Å². The third kappa shape index (κ3) is 4.27. The topological polar surface area (TPSA) is 26.3 Å². The number of carbonyl (C=O) groups is 1. The van der Waals surface area contributed by atoms with E-state index in [0.29, 0.717) is 17.1 Å². The van der Waals surface area contributed by atoms with Crippen LogP contribution in [0.25, 0.3) is 0 Å². The second-order valence-corrected chi connectivity index (χ2v) is 7.23. The van der Waals surface area contributed by atoms with Crippen molar-refractivity contribution in [2.45, 2.75) is 56.3 Å². The van der Waals surface area contributed by atoms with Crippen molar-refractivity contribution >= 4 is 17.7 Å². The van der Waals surface area contributed by atoms with Crippen molar-refractivity contribution in [2.24, 2.45) is 11.8 Å². The lowest BCUT2D eigenvalue weighted by Gasteiger charge is -2.37. The number of esters is 1. The molecule has 0 unspecified atom stereocenters. The molecule has 0 spiro atoms. The van der Waals surface area contributed by atoms with Crippen molar-refractivity contribution in [3.05, 3.63) is 30.3 Å². The molecular weight excluding hydrogens is 268 g/mol. The van der Waals surface area contributed by atoms with Gasteiger partial charge in [-0.1, -0.05) is 32.0 Å². The lowest BCUT2D eigenvalue weighted by molar-refractivity contribution is -0.148. The molecule has 1 aromatic rings. The Morgan fingerprint density at radius 3 is 2.55 bits per heavy atom. The highest BCUT2D eigenvalue weighted by Gasteiger charge is 2.34. The minimum Gasteiger partial charge on any atom is -0.463 e. The molecule has 3 heteroatoms. The smallest absolute Gasteiger partial charge is 0.302 e. The first kappa shape index (κ1) is 15.4. The van der Waals surface area contributed by atoms with Crippen LogP contribution < -0.4 is 0 Å². The van der Waals surface area contributed by atoms with Gasteiger partial charge < -0.3 is 4.74 Å². The molecule has 2 rings (SSSR count). The molecule has 0 heterocycles. The Balaban J connectivity index is 2.05. The summed E-state index contributed by atoms with van der Waals surface area (Å²) in [5.74, 6) is 1.22. The monoisotopic (exact) mass is 292 g/mol. The maximum Gasteiger partial charge on any atom is 0.302 e. The maximum atomic E-state index is 11.2. The fourth-order valence-electron chi connectivity index (χ4n) is 3.03. The molecule has 0 bridgehead atoms. The van der Waals surface area contributed by atoms with Crippen molar-refractivity contribution < 1.29 is 9.53 Å². The Hall–Kier alpha value is -0.960. The summed E-state index contributed by atoms with van der Waals surface area (Å²) in [6.45, 7) is 6.11. The van der Waals surface area contributed by atoms with Crippen molar-refractivity contribution in [3.8, 4) is 0 Å². The van der Waals surface area contributed by atoms with Crippen molar-refractivity contribution in [2.75, 3.05) is 0 Å². The van der Waals surface area contributed by atoms with Gasteiger partial charge in [0.1, 0.15) is 6.10 Å². The first-order chi connectivity index (χ1) is 9.56. The fourth-order valence-corrected chi connectivity index (χ4v) is 4.63. The highest BCUT2D eigenvalue weighted by Crippen LogP contribution is 2.41. The lowest BCUT2D eigenvalue weighted by Crippen LogP contribution is -2.35. The molecule has 1 saturated carbocycles. The largest absolute Gasteiger partial charge is 0.463 e. The Kier molecular flexibility index (Phi) is 5.53. The molecule has 0 N–H and O–H groups in total. The number of hydrogen-bond donors (Lipinski definition) is 0. The van der Waals surface area contributed by atoms with E-state index in [1.807, 2.05) is 17.8 Å². The number of carbonyl (C=O) groups excluding carboxylic acids is 1. The Bertz CT molecular complexity index is 430. The van der Waals surface area contributed by atoms with E-state index in [4.69, 9.17) is 4.74 Å². The van der Waals surface area contributed by atoms with Gasteiger partial charge in [-0.15, -0.1) is 11.8 Å². The highest BCUT2D eigenvalue weighted by atomic mass is 32.2. The molecule has 3 atom stereocenters. The van der Waals surface area contributed by atoms with E-state index in [1.54, 1.807) is 0 Å². The van der Waals surface area contributed by atoms with Crippen LogP contribution in [-0.2, 0) is 9.53 Å². The van der Waals surface area contributed by atoms with Crippen LogP contribution in [0.2, 0.25) is 0 Å². The summed E-state index contributed by atoms with van der Waals surface area (Å²) in [5.41, 5.74) is 0. The van der Waals surface area contributed by atoms with Gasteiger partial charge in [0.2, 0.25) is 0 Å². The van der Waals surface area contributed by atoms with Gasteiger partial charge in [-0.05, 0) is 43.2 Å². The van der Waals surface area contributed by atoms with Gasteiger partial charge in [0.25, 0.3) is 0 Å². The number of benzene rings is 1. The molecule has 0 amide bonds. The van der Waals surface area contributed by atoms with Gasteiger partial charge >= 0.3 is 5.97 Å². The summed E-state index contributed by atoms with van der Waals surface area (Å²) >= 11 is 1.94. The van der Waals surface area contributed by atoms with Crippen LogP contribution >= 0.6 is 11.8 Å². The second kappa shape index (κ2) is 7.16. The first-order valence-corrected chi connectivity index (χ1v) is 8.33. The molecule has 0 saturated heterocycles. The number of hydrogen-bond acceptors (Lipinski definition) is 3. The van der Waals surface area contributed by atoms with E-state index in [0.717, 1.165) is 19.3 Å². The normalized spacial score (nSPS) is 26.5. The Morgan fingerprint density at radius 2 is 1.95 bits per heavy atom. The summed E-state index contributed by atoms with van der Waals surface area (Å²) in [5, 5.41) is 0.537. The van der Waals surface area contributed by atoms with E-state index in [1.165, 1.54) is 11.8 Å². The predicted molar refractivity (Wildman–Crippen MR) is 83.8 cm³/mol. The van der Waals surface area contributed by atoms with E-state index < -0.39 is 0 Å². The van der Waals surface area contributed by atoms with Crippen LogP contribution in [-0.4, -0.2) is 17.3 Å². The van der Waals surface area contributed by atoms with Gasteiger partial charge in [-0.25, -0.2) is 0 Å². The Labute approximate surface area is 126 Å². The van der Waals surface area contributed by atoms with Gasteiger partial charge in [0.05, 0.1) is 0 Å². The van der Waals surface area contributed by atoms with Crippen LogP contribution in [0.1, 0.15) is 40.0 Å². The third-order valence-corrected chi connectivity index (χ3v) is 5.40. The Morgan fingerprint density at radius 1 is 1.25 bits per heavy atom. The zero-order valence-corrected chi connectivity index (χ0v) is 13.4. The van der Waals surface area contributed by atoms with Crippen LogP contribution in [0, 0.1) is 11.8 Å². The van der Waals surface area contributed by atoms with Crippen molar-refractivity contribution in [1.82, 2.24) is 0 Å². The molecule has 20 heavy (non-hydrogen) atoms. The summed E-state index contributed by atoms with van der Waals surface area (Å²) in [6.07, 6.45) is 3.24. The van der Waals surface area contributed by atoms with Crippen molar-refractivity contribution in [3.63, 3.8) is 0 Å². The summed E-state index contributed by atoms with van der Waals surface area (Å²) in [4.78, 5) is 12.5. The molecule has 0 aromatic heterocycles. The van der Waals surface area contributed by atoms with E-state index >= 15 is 0 Å². The van der Waals surface area contributed by atoms with Gasteiger partial charge in [-0.3, -0.25) is 4.79 Å². The summed E-state index contributed by atoms with van der Waals surface area (Å²) in [6, 6.07) is 10.5. The zero-order chi connectivity index (χ0) is 14.5. The number of rotatable bonds is 4. The SMILES string of the molecule is CC(=O)O[C@@H]1CC[C@@H](C(C)C)[C@H](Sc2ccccc2)C1. The third-order valence-electron chi connectivity index (χ3n) is 4.01. The molecular formula is C17H24O2S. The van der Waals surface area contributed by atoms with Gasteiger partial charge in [-0.2, -0.15) is 0 Å². The van der Waals surface area contributed by atoms with Crippen LogP contribution in [0.3, 0.4) is 0 Å². The molecule has 110 valence electrons. The highest BCUT2D eigenvalue weighted by molar-refractivity contribution is 8.00. The molecule has 1 aliphatic rings. The summed E-state index contributed by atoms with van der Waals surface area (Å²) in [7, 11) is 0. The minimum atomic E-state index is -0.151. The second-order valence-electron chi connectivity index (χ2n) is 5.92. The summed E-state index contributed by atoms with van der Waals surface area (Å²) < 4.78 is 5.43. The number of ether oxygens (including phenoxy) is 1. The predicted octanol–water partition coefficient (Wildman–Crippen LogP) is 4.54. The van der Waals surface area contributed by atoms with E-state index in [2.05, 4.69) is 38.1 Å². The zero-order valence-electron chi connectivity index (χ0n) is 12.5. The van der Waals surface area contributed by atoms with Crippen LogP contribution in [0.15, 0.2) is 35.2 Å². The number of thioether (sulfide) groups is 1. The van der Waals surface area contributed by atoms with Crippen molar-refractivity contribution in [1.29, 1.82) is 0 Å². The molecule has 2 nitrogen and oxygen atoms in total. The molecule has 1 aliphatic carbocycles. The molecule has 0 radical (unpaired) electrons. The first-order valence-electron chi connectivity index (χ1n) is 7.45. The van der Waals surface area contributed by atoms with Gasteiger partial charge in [0, 0.05) is 17.1 Å². The quantitative estimate of drug-likeness (QED) is 0.762. The lowest BCUT2D eigenvalue weighted by atomic mass is 9.80. The fraction of sp³-hybridized carbons (Fsp3) is 0.588. The van der Waals surface area contributed by atoms with Crippen LogP contribution in [0.4, 0.5) is 0 Å². The maximum absolute atomic E-state index is 11.2. The average Bonchev–Trinajstić information content (AvgIpc) is 2.39. The standard InChI is InChI=1S/C17H24O2S/c1-12(2)16-10-9-14(19-13(3)18)11-17(16)20-15-7-5-4-6-8-15/h4-8,12,14,16-17H,9-11H2,1-3H3/t14-,16+,17-/m1/s1.